The maximum atomic E-state index is 12.7. The van der Waals surface area contributed by atoms with Crippen molar-refractivity contribution in [2.45, 2.75) is 37.0 Å². The fraction of sp³-hybridized carbons (Fsp3) is 0.538. The highest BCUT2D eigenvalue weighted by Gasteiger charge is 2.37. The van der Waals surface area contributed by atoms with E-state index in [1.165, 1.54) is 0 Å². The van der Waals surface area contributed by atoms with Gasteiger partial charge in [-0.05, 0) is 37.0 Å². The second-order valence-electron chi connectivity index (χ2n) is 5.25. The van der Waals surface area contributed by atoms with Gasteiger partial charge in [-0.1, -0.05) is 13.0 Å². The van der Waals surface area contributed by atoms with Crippen LogP contribution in [0.4, 0.5) is 13.2 Å². The van der Waals surface area contributed by atoms with Crippen LogP contribution in [0.15, 0.2) is 29.2 Å². The molecule has 2 unspecified atom stereocenters. The van der Waals surface area contributed by atoms with Gasteiger partial charge in [-0.2, -0.15) is 17.5 Å². The maximum absolute atomic E-state index is 12.7. The van der Waals surface area contributed by atoms with Gasteiger partial charge < -0.3 is 5.73 Å². The Balaban J connectivity index is 2.40. The van der Waals surface area contributed by atoms with Crippen molar-refractivity contribution in [2.75, 3.05) is 6.54 Å². The Labute approximate surface area is 121 Å². The largest absolute Gasteiger partial charge is 0.416 e. The van der Waals surface area contributed by atoms with Gasteiger partial charge in [0.25, 0.3) is 0 Å². The number of alkyl halides is 3. The van der Waals surface area contributed by atoms with Crippen molar-refractivity contribution in [1.29, 1.82) is 0 Å². The van der Waals surface area contributed by atoms with E-state index in [0.29, 0.717) is 12.5 Å². The van der Waals surface area contributed by atoms with Gasteiger partial charge in [-0.25, -0.2) is 8.42 Å². The lowest BCUT2D eigenvalue weighted by molar-refractivity contribution is -0.137. The van der Waals surface area contributed by atoms with Crippen molar-refractivity contribution in [3.05, 3.63) is 29.8 Å². The van der Waals surface area contributed by atoms with Crippen LogP contribution in [0.5, 0.6) is 0 Å². The van der Waals surface area contributed by atoms with E-state index in [2.05, 4.69) is 0 Å². The van der Waals surface area contributed by atoms with Gasteiger partial charge in [0, 0.05) is 6.54 Å². The van der Waals surface area contributed by atoms with Crippen LogP contribution in [-0.4, -0.2) is 25.4 Å². The number of benzene rings is 1. The van der Waals surface area contributed by atoms with E-state index < -0.39 is 27.9 Å². The molecule has 0 saturated carbocycles. The first kappa shape index (κ1) is 16.3. The van der Waals surface area contributed by atoms with E-state index in [-0.39, 0.29) is 17.4 Å². The first-order chi connectivity index (χ1) is 9.64. The number of nitrogens with zero attached hydrogens (tertiary/aromatic N) is 1. The Morgan fingerprint density at radius 3 is 2.62 bits per heavy atom. The van der Waals surface area contributed by atoms with Crippen LogP contribution in [-0.2, 0) is 16.2 Å². The van der Waals surface area contributed by atoms with E-state index in [0.717, 1.165) is 28.9 Å². The molecule has 1 aromatic carbocycles. The van der Waals surface area contributed by atoms with Gasteiger partial charge in [0.05, 0.1) is 16.6 Å². The van der Waals surface area contributed by atoms with Crippen molar-refractivity contribution < 1.29 is 21.6 Å². The number of rotatable bonds is 2. The second-order valence-corrected chi connectivity index (χ2v) is 7.14. The molecule has 8 heteroatoms. The molecule has 0 radical (unpaired) electrons. The number of hydrogen-bond acceptors (Lipinski definition) is 3. The summed E-state index contributed by atoms with van der Waals surface area (Å²) >= 11 is 0. The third-order valence-corrected chi connectivity index (χ3v) is 5.61. The molecular weight excluding hydrogens is 305 g/mol. The zero-order chi connectivity index (χ0) is 15.8. The molecule has 1 fully saturated rings. The quantitative estimate of drug-likeness (QED) is 0.909. The second kappa shape index (κ2) is 5.58. The summed E-state index contributed by atoms with van der Waals surface area (Å²) in [6, 6.07) is 3.75. The molecule has 2 N–H and O–H groups in total. The Hall–Kier alpha value is -1.12. The minimum Gasteiger partial charge on any atom is -0.315 e. The highest BCUT2D eigenvalue weighted by Crippen LogP contribution is 2.32. The predicted molar refractivity (Wildman–Crippen MR) is 71.7 cm³/mol. The molecule has 1 heterocycles. The summed E-state index contributed by atoms with van der Waals surface area (Å²) in [6.45, 7) is 2.06. The molecule has 0 aliphatic carbocycles. The Kier molecular flexibility index (Phi) is 4.32. The first-order valence-electron chi connectivity index (χ1n) is 6.59. The average Bonchev–Trinajstić information content (AvgIpc) is 2.41. The maximum Gasteiger partial charge on any atom is 0.416 e. The molecule has 0 spiro atoms. The molecular formula is C13H17F3N2O2S. The standard InChI is InChI=1S/C13H17F3N2O2S/c1-9-4-3-7-18(12(9)17)21(19,20)11-6-2-5-10(8-11)13(14,15)16/h2,5-6,8-9,12H,3-4,7,17H2,1H3. The van der Waals surface area contributed by atoms with Gasteiger partial charge in [0.2, 0.25) is 10.0 Å². The Morgan fingerprint density at radius 1 is 1.33 bits per heavy atom. The van der Waals surface area contributed by atoms with Gasteiger partial charge in [-0.15, -0.1) is 0 Å². The highest BCUT2D eigenvalue weighted by atomic mass is 32.2. The molecule has 118 valence electrons. The smallest absolute Gasteiger partial charge is 0.315 e. The van der Waals surface area contributed by atoms with Crippen molar-refractivity contribution in [3.8, 4) is 0 Å². The topological polar surface area (TPSA) is 63.4 Å². The summed E-state index contributed by atoms with van der Waals surface area (Å²) in [7, 11) is -4.02. The van der Waals surface area contributed by atoms with Gasteiger partial charge in [0.1, 0.15) is 0 Å². The fourth-order valence-electron chi connectivity index (χ4n) is 2.42. The molecule has 1 aliphatic heterocycles. The lowest BCUT2D eigenvalue weighted by atomic mass is 9.99. The Morgan fingerprint density at radius 2 is 2.00 bits per heavy atom. The van der Waals surface area contributed by atoms with E-state index in [9.17, 15) is 21.6 Å². The summed E-state index contributed by atoms with van der Waals surface area (Å²) in [5, 5.41) is 0. The monoisotopic (exact) mass is 322 g/mol. The highest BCUT2D eigenvalue weighted by molar-refractivity contribution is 7.89. The molecule has 4 nitrogen and oxygen atoms in total. The normalized spacial score (nSPS) is 25.0. The first-order valence-corrected chi connectivity index (χ1v) is 8.03. The SMILES string of the molecule is CC1CCCN(S(=O)(=O)c2cccc(C(F)(F)F)c2)C1N. The summed E-state index contributed by atoms with van der Waals surface area (Å²) in [4.78, 5) is -0.373. The molecule has 0 aromatic heterocycles. The summed E-state index contributed by atoms with van der Waals surface area (Å²) in [6.07, 6.45) is -3.84. The van der Waals surface area contributed by atoms with Crippen LogP contribution in [0, 0.1) is 5.92 Å². The summed E-state index contributed by atoms with van der Waals surface area (Å²) in [5.74, 6) is -0.0284. The number of hydrogen-bond donors (Lipinski definition) is 1. The van der Waals surface area contributed by atoms with E-state index in [1.54, 1.807) is 0 Å². The van der Waals surface area contributed by atoms with Crippen molar-refractivity contribution in [1.82, 2.24) is 4.31 Å². The third kappa shape index (κ3) is 3.22. The molecule has 1 saturated heterocycles. The molecule has 2 atom stereocenters. The van der Waals surface area contributed by atoms with Crippen LogP contribution in [0.25, 0.3) is 0 Å². The number of halogens is 3. The zero-order valence-corrected chi connectivity index (χ0v) is 12.3. The van der Waals surface area contributed by atoms with Gasteiger partial charge in [-0.3, -0.25) is 0 Å². The van der Waals surface area contributed by atoms with E-state index >= 15 is 0 Å². The number of sulfonamides is 1. The molecule has 0 bridgehead atoms. The number of nitrogens with two attached hydrogens (primary N) is 1. The number of piperidine rings is 1. The van der Waals surface area contributed by atoms with Crippen LogP contribution in [0.3, 0.4) is 0 Å². The van der Waals surface area contributed by atoms with Gasteiger partial charge in [0.15, 0.2) is 0 Å². The van der Waals surface area contributed by atoms with Crippen molar-refractivity contribution in [3.63, 3.8) is 0 Å². The lowest BCUT2D eigenvalue weighted by Gasteiger charge is -2.36. The Bertz CT molecular complexity index is 616. The van der Waals surface area contributed by atoms with E-state index in [1.807, 2.05) is 6.92 Å². The minimum absolute atomic E-state index is 0.0284. The van der Waals surface area contributed by atoms with Crippen LogP contribution >= 0.6 is 0 Å². The van der Waals surface area contributed by atoms with E-state index in [4.69, 9.17) is 5.73 Å². The lowest BCUT2D eigenvalue weighted by Crippen LogP contribution is -2.52. The zero-order valence-electron chi connectivity index (χ0n) is 11.5. The molecule has 2 rings (SSSR count). The predicted octanol–water partition coefficient (Wildman–Crippen LogP) is 2.41. The minimum atomic E-state index is -4.58. The summed E-state index contributed by atoms with van der Waals surface area (Å²) in [5.41, 5.74) is 4.91. The van der Waals surface area contributed by atoms with Crippen LogP contribution < -0.4 is 5.73 Å². The summed E-state index contributed by atoms with van der Waals surface area (Å²) < 4.78 is 64.2. The molecule has 1 aromatic rings. The molecule has 1 aliphatic rings. The van der Waals surface area contributed by atoms with Crippen LogP contribution in [0.1, 0.15) is 25.3 Å². The van der Waals surface area contributed by atoms with Crippen LogP contribution in [0.2, 0.25) is 0 Å². The fourth-order valence-corrected chi connectivity index (χ4v) is 4.12. The van der Waals surface area contributed by atoms with Crippen molar-refractivity contribution >= 4 is 10.0 Å². The average molecular weight is 322 g/mol. The molecule has 0 amide bonds. The molecule has 21 heavy (non-hydrogen) atoms. The van der Waals surface area contributed by atoms with Gasteiger partial charge >= 0.3 is 6.18 Å². The third-order valence-electron chi connectivity index (χ3n) is 3.72. The van der Waals surface area contributed by atoms with Crippen molar-refractivity contribution in [2.24, 2.45) is 11.7 Å².